The van der Waals surface area contributed by atoms with E-state index in [0.29, 0.717) is 11.1 Å². The number of hydrogen-bond donors (Lipinski definition) is 0. The first-order valence-corrected chi connectivity index (χ1v) is 5.91. The molecule has 0 atom stereocenters. The lowest BCUT2D eigenvalue weighted by atomic mass is 10.1. The second-order valence-corrected chi connectivity index (χ2v) is 4.47. The molecule has 0 saturated carbocycles. The van der Waals surface area contributed by atoms with Gasteiger partial charge in [-0.15, -0.1) is 12.4 Å². The Morgan fingerprint density at radius 2 is 1.86 bits per heavy atom. The van der Waals surface area contributed by atoms with Crippen molar-refractivity contribution in [3.05, 3.63) is 48.3 Å². The average molecular weight is 314 g/mol. The van der Waals surface area contributed by atoms with Crippen LogP contribution in [0.4, 0.5) is 13.2 Å². The first-order chi connectivity index (χ1) is 9.45. The third kappa shape index (κ3) is 2.85. The van der Waals surface area contributed by atoms with Gasteiger partial charge in [-0.3, -0.25) is 4.68 Å². The summed E-state index contributed by atoms with van der Waals surface area (Å²) in [5.41, 5.74) is 0.469. The van der Waals surface area contributed by atoms with Crippen LogP contribution < -0.4 is 0 Å². The van der Waals surface area contributed by atoms with Gasteiger partial charge in [0.05, 0.1) is 23.0 Å². The van der Waals surface area contributed by atoms with Crippen LogP contribution in [0, 0.1) is 0 Å². The fourth-order valence-electron chi connectivity index (χ4n) is 2.11. The maximum Gasteiger partial charge on any atom is 0.417 e. The highest BCUT2D eigenvalue weighted by atomic mass is 35.5. The molecule has 0 saturated heterocycles. The zero-order valence-electron chi connectivity index (χ0n) is 10.9. The predicted molar refractivity (Wildman–Crippen MR) is 76.2 cm³/mol. The number of pyridine rings is 1. The quantitative estimate of drug-likeness (QED) is 0.678. The number of benzene rings is 1. The van der Waals surface area contributed by atoms with E-state index in [4.69, 9.17) is 0 Å². The van der Waals surface area contributed by atoms with Crippen LogP contribution >= 0.6 is 12.4 Å². The third-order valence-corrected chi connectivity index (χ3v) is 3.02. The van der Waals surface area contributed by atoms with E-state index in [1.165, 1.54) is 16.9 Å². The Morgan fingerprint density at radius 1 is 1.14 bits per heavy atom. The second-order valence-electron chi connectivity index (χ2n) is 4.47. The van der Waals surface area contributed by atoms with Gasteiger partial charge in [-0.1, -0.05) is 18.2 Å². The van der Waals surface area contributed by atoms with Gasteiger partial charge in [0, 0.05) is 24.2 Å². The van der Waals surface area contributed by atoms with Crippen LogP contribution in [0.5, 0.6) is 0 Å². The largest absolute Gasteiger partial charge is 0.417 e. The molecule has 1 aromatic carbocycles. The number of halogens is 4. The molecule has 0 spiro atoms. The summed E-state index contributed by atoms with van der Waals surface area (Å²) in [7, 11) is 1.70. The van der Waals surface area contributed by atoms with Crippen LogP contribution in [-0.2, 0) is 13.2 Å². The molecule has 0 fully saturated rings. The molecule has 110 valence electrons. The first-order valence-electron chi connectivity index (χ1n) is 5.91. The normalized spacial score (nSPS) is 11.4. The number of rotatable bonds is 1. The van der Waals surface area contributed by atoms with Crippen molar-refractivity contribution in [2.75, 3.05) is 0 Å². The molecule has 2 heterocycles. The van der Waals surface area contributed by atoms with E-state index < -0.39 is 11.7 Å². The molecule has 0 aliphatic carbocycles. The highest BCUT2D eigenvalue weighted by Gasteiger charge is 2.33. The Labute approximate surface area is 124 Å². The van der Waals surface area contributed by atoms with Crippen molar-refractivity contribution in [1.29, 1.82) is 0 Å². The van der Waals surface area contributed by atoms with Gasteiger partial charge >= 0.3 is 6.18 Å². The second kappa shape index (κ2) is 5.37. The molecule has 3 rings (SSSR count). The van der Waals surface area contributed by atoms with Crippen LogP contribution in [-0.4, -0.2) is 14.8 Å². The minimum atomic E-state index is -4.42. The lowest BCUT2D eigenvalue weighted by Crippen LogP contribution is -2.07. The Hall–Kier alpha value is -2.08. The predicted octanol–water partition coefficient (Wildman–Crippen LogP) is 4.08. The Balaban J connectivity index is 0.00000161. The molecule has 0 unspecified atom stereocenters. The maximum absolute atomic E-state index is 13.2. The van der Waals surface area contributed by atoms with Crippen molar-refractivity contribution >= 4 is 23.3 Å². The van der Waals surface area contributed by atoms with Crippen LogP contribution in [0.25, 0.3) is 22.2 Å². The molecular weight excluding hydrogens is 303 g/mol. The number of hydrogen-bond acceptors (Lipinski definition) is 2. The van der Waals surface area contributed by atoms with E-state index in [0.717, 1.165) is 6.07 Å². The summed E-state index contributed by atoms with van der Waals surface area (Å²) < 4.78 is 41.0. The van der Waals surface area contributed by atoms with Crippen molar-refractivity contribution in [1.82, 2.24) is 14.8 Å². The van der Waals surface area contributed by atoms with E-state index in [1.54, 1.807) is 31.4 Å². The fraction of sp³-hybridized carbons (Fsp3) is 0.143. The van der Waals surface area contributed by atoms with E-state index in [9.17, 15) is 13.2 Å². The number of alkyl halides is 3. The minimum Gasteiger partial charge on any atom is -0.275 e. The molecular formula is C14H11ClF3N3. The maximum atomic E-state index is 13.2. The minimum absolute atomic E-state index is 0. The summed E-state index contributed by atoms with van der Waals surface area (Å²) in [5, 5.41) is 4.06. The van der Waals surface area contributed by atoms with Gasteiger partial charge in [-0.25, -0.2) is 4.98 Å². The van der Waals surface area contributed by atoms with Gasteiger partial charge in [-0.2, -0.15) is 18.3 Å². The van der Waals surface area contributed by atoms with Crippen LogP contribution in [0.3, 0.4) is 0 Å². The monoisotopic (exact) mass is 313 g/mol. The summed E-state index contributed by atoms with van der Waals surface area (Å²) >= 11 is 0. The lowest BCUT2D eigenvalue weighted by molar-refractivity contribution is -0.136. The van der Waals surface area contributed by atoms with Crippen LogP contribution in [0.2, 0.25) is 0 Å². The van der Waals surface area contributed by atoms with Crippen LogP contribution in [0.15, 0.2) is 42.7 Å². The molecule has 3 nitrogen and oxygen atoms in total. The molecule has 3 aromatic rings. The van der Waals surface area contributed by atoms with Gasteiger partial charge < -0.3 is 0 Å². The molecule has 2 aromatic heterocycles. The Bertz CT molecular complexity index is 780. The topological polar surface area (TPSA) is 30.7 Å². The highest BCUT2D eigenvalue weighted by molar-refractivity contribution is 5.86. The van der Waals surface area contributed by atoms with E-state index in [2.05, 4.69) is 10.1 Å². The number of nitrogens with zero attached hydrogens (tertiary/aromatic N) is 3. The van der Waals surface area contributed by atoms with Gasteiger partial charge in [0.15, 0.2) is 0 Å². The summed E-state index contributed by atoms with van der Waals surface area (Å²) in [6.07, 6.45) is -1.28. The van der Waals surface area contributed by atoms with Crippen molar-refractivity contribution in [3.63, 3.8) is 0 Å². The summed E-state index contributed by atoms with van der Waals surface area (Å²) in [4.78, 5) is 4.28. The first kappa shape index (κ1) is 15.3. The molecule has 0 radical (unpaired) electrons. The summed E-state index contributed by atoms with van der Waals surface area (Å²) in [5.74, 6) is 0. The highest BCUT2D eigenvalue weighted by Crippen LogP contribution is 2.36. The molecule has 7 heteroatoms. The smallest absolute Gasteiger partial charge is 0.275 e. The Kier molecular flexibility index (Phi) is 3.91. The van der Waals surface area contributed by atoms with E-state index in [-0.39, 0.29) is 23.5 Å². The molecule has 0 aliphatic rings. The molecule has 0 amide bonds. The third-order valence-electron chi connectivity index (χ3n) is 3.02. The molecule has 0 aliphatic heterocycles. The molecule has 0 N–H and O–H groups in total. The van der Waals surface area contributed by atoms with Crippen molar-refractivity contribution in [2.24, 2.45) is 7.05 Å². The van der Waals surface area contributed by atoms with Crippen LogP contribution in [0.1, 0.15) is 5.56 Å². The van der Waals surface area contributed by atoms with Gasteiger partial charge in [-0.05, 0) is 12.1 Å². The number of aryl methyl sites for hydroxylation is 1. The molecule has 21 heavy (non-hydrogen) atoms. The number of para-hydroxylation sites is 1. The summed E-state index contributed by atoms with van der Waals surface area (Å²) in [6, 6.07) is 7.31. The van der Waals surface area contributed by atoms with Gasteiger partial charge in [0.25, 0.3) is 0 Å². The number of aromatic nitrogens is 3. The zero-order chi connectivity index (χ0) is 14.3. The lowest BCUT2D eigenvalue weighted by Gasteiger charge is -2.11. The fourth-order valence-corrected chi connectivity index (χ4v) is 2.11. The number of fused-ring (bicyclic) bond motifs is 1. The zero-order valence-corrected chi connectivity index (χ0v) is 11.7. The average Bonchev–Trinajstić information content (AvgIpc) is 2.83. The Morgan fingerprint density at radius 3 is 2.48 bits per heavy atom. The van der Waals surface area contributed by atoms with Crippen molar-refractivity contribution in [2.45, 2.75) is 6.18 Å². The summed E-state index contributed by atoms with van der Waals surface area (Å²) in [6.45, 7) is 0. The van der Waals surface area contributed by atoms with Gasteiger partial charge in [0.2, 0.25) is 0 Å². The standard InChI is InChI=1S/C14H10F3N3.ClH/c1-20-8-9(7-18-20)13-6-11(14(15,16)17)10-4-2-3-5-12(10)19-13;/h2-8H,1H3;1H. The van der Waals surface area contributed by atoms with E-state index in [1.807, 2.05) is 0 Å². The van der Waals surface area contributed by atoms with Crippen molar-refractivity contribution < 1.29 is 13.2 Å². The van der Waals surface area contributed by atoms with Gasteiger partial charge in [0.1, 0.15) is 0 Å². The van der Waals surface area contributed by atoms with Crippen molar-refractivity contribution in [3.8, 4) is 11.3 Å². The molecule has 0 bridgehead atoms. The SMILES string of the molecule is Cl.Cn1cc(-c2cc(C(F)(F)F)c3ccccc3n2)cn1. The van der Waals surface area contributed by atoms with E-state index >= 15 is 0 Å².